The number of carbonyl (C=O) groups is 1. The normalized spacial score (nSPS) is 18.9. The molecule has 10 heteroatoms. The number of carboxylic acids is 1. The zero-order chi connectivity index (χ0) is 27.2. The van der Waals surface area contributed by atoms with E-state index >= 15 is 0 Å². The molecule has 0 aromatic heterocycles. The van der Waals surface area contributed by atoms with Gasteiger partial charge in [0.2, 0.25) is 0 Å². The van der Waals surface area contributed by atoms with E-state index in [1.165, 1.54) is 12.1 Å². The van der Waals surface area contributed by atoms with Crippen LogP contribution in [0.25, 0.3) is 10.8 Å². The molecule has 2 aromatic rings. The van der Waals surface area contributed by atoms with E-state index in [4.69, 9.17) is 9.84 Å². The van der Waals surface area contributed by atoms with Gasteiger partial charge in [-0.15, -0.1) is 0 Å². The number of ether oxygens (including phenoxy) is 1. The molecule has 0 aliphatic heterocycles. The molecule has 1 aliphatic carbocycles. The number of hydrogen-bond donors (Lipinski definition) is 1. The first-order valence-corrected chi connectivity index (χ1v) is 12.6. The highest BCUT2D eigenvalue weighted by Crippen LogP contribution is 2.44. The van der Waals surface area contributed by atoms with E-state index in [1.54, 1.807) is 18.2 Å². The third-order valence-electron chi connectivity index (χ3n) is 6.89. The number of unbranched alkanes of at least 4 members (excludes halogenated alkanes) is 3. The lowest BCUT2D eigenvalue weighted by atomic mass is 9.87. The summed E-state index contributed by atoms with van der Waals surface area (Å²) in [6, 6.07) is 7.63. The molecule has 0 atom stereocenters. The van der Waals surface area contributed by atoms with Crippen molar-refractivity contribution in [3.63, 3.8) is 0 Å². The molecule has 0 unspecified atom stereocenters. The first kappa shape index (κ1) is 29.1. The molecule has 2 aromatic carbocycles. The van der Waals surface area contributed by atoms with Crippen LogP contribution in [0.1, 0.15) is 68.9 Å². The van der Waals surface area contributed by atoms with Crippen LogP contribution < -0.4 is 4.74 Å². The van der Waals surface area contributed by atoms with Crippen LogP contribution in [0.5, 0.6) is 5.75 Å². The van der Waals surface area contributed by atoms with E-state index in [0.29, 0.717) is 18.4 Å². The topological polar surface area (TPSA) is 49.8 Å². The van der Waals surface area contributed by atoms with Crippen molar-refractivity contribution >= 4 is 16.7 Å². The number of aliphatic carboxylic acids is 1. The minimum atomic E-state index is -4.68. The summed E-state index contributed by atoms with van der Waals surface area (Å²) in [6.07, 6.45) is -6.39. The Morgan fingerprint density at radius 2 is 1.65 bits per heavy atom. The third-order valence-corrected chi connectivity index (χ3v) is 6.89. The molecule has 3 rings (SSSR count). The molecular weight excluding hydrogens is 500 g/mol. The lowest BCUT2D eigenvalue weighted by Crippen LogP contribution is -2.32. The van der Waals surface area contributed by atoms with Crippen molar-refractivity contribution in [2.75, 3.05) is 13.6 Å². The van der Waals surface area contributed by atoms with E-state index < -0.39 is 35.9 Å². The summed E-state index contributed by atoms with van der Waals surface area (Å²) in [6.45, 7) is 1.33. The van der Waals surface area contributed by atoms with Crippen LogP contribution >= 0.6 is 0 Å². The van der Waals surface area contributed by atoms with Gasteiger partial charge < -0.3 is 14.7 Å². The van der Waals surface area contributed by atoms with E-state index in [0.717, 1.165) is 31.4 Å². The lowest BCUT2D eigenvalue weighted by Gasteiger charge is -2.31. The summed E-state index contributed by atoms with van der Waals surface area (Å²) in [5.74, 6) is -2.57. The van der Waals surface area contributed by atoms with Crippen molar-refractivity contribution in [2.45, 2.75) is 82.8 Å². The molecule has 1 N–H and O–H groups in total. The molecule has 1 saturated carbocycles. The Hall–Kier alpha value is -2.49. The Morgan fingerprint density at radius 1 is 0.973 bits per heavy atom. The third kappa shape index (κ3) is 8.51. The summed E-state index contributed by atoms with van der Waals surface area (Å²) in [5.41, 5.74) is -0.0441. The van der Waals surface area contributed by atoms with Crippen molar-refractivity contribution in [2.24, 2.45) is 5.92 Å². The number of nitrogens with zero attached hydrogens (tertiary/aromatic N) is 1. The Kier molecular flexibility index (Phi) is 9.72. The molecule has 0 radical (unpaired) electrons. The van der Waals surface area contributed by atoms with E-state index in [1.807, 2.05) is 7.05 Å². The first-order chi connectivity index (χ1) is 17.3. The molecule has 0 saturated heterocycles. The van der Waals surface area contributed by atoms with Crippen LogP contribution in [0.4, 0.5) is 26.3 Å². The lowest BCUT2D eigenvalue weighted by molar-refractivity contribution is -0.185. The minimum Gasteiger partial charge on any atom is -0.490 e. The monoisotopic (exact) mass is 533 g/mol. The molecule has 1 aliphatic rings. The minimum absolute atomic E-state index is 0.00110. The maximum atomic E-state index is 14.1. The number of carboxylic acid groups (broad SMARTS) is 1. The molecule has 37 heavy (non-hydrogen) atoms. The van der Waals surface area contributed by atoms with Gasteiger partial charge in [0.1, 0.15) is 11.3 Å². The second kappa shape index (κ2) is 12.4. The fraction of sp³-hybridized carbons (Fsp3) is 0.593. The maximum Gasteiger partial charge on any atom is 0.420 e. The van der Waals surface area contributed by atoms with Gasteiger partial charge in [0.25, 0.3) is 0 Å². The van der Waals surface area contributed by atoms with Crippen molar-refractivity contribution in [3.05, 3.63) is 41.5 Å². The Bertz CT molecular complexity index is 1040. The number of halogens is 6. The van der Waals surface area contributed by atoms with E-state index in [-0.39, 0.29) is 43.2 Å². The fourth-order valence-electron chi connectivity index (χ4n) is 4.94. The van der Waals surface area contributed by atoms with Gasteiger partial charge in [0.15, 0.2) is 0 Å². The van der Waals surface area contributed by atoms with Gasteiger partial charge in [-0.05, 0) is 80.6 Å². The van der Waals surface area contributed by atoms with E-state index in [9.17, 15) is 31.1 Å². The highest BCUT2D eigenvalue weighted by Gasteiger charge is 2.42. The van der Waals surface area contributed by atoms with Gasteiger partial charge in [-0.3, -0.25) is 4.79 Å². The molecule has 206 valence electrons. The number of rotatable bonds is 11. The van der Waals surface area contributed by atoms with Gasteiger partial charge >= 0.3 is 18.3 Å². The second-order valence-electron chi connectivity index (χ2n) is 9.92. The van der Waals surface area contributed by atoms with E-state index in [2.05, 4.69) is 4.90 Å². The number of hydrogen-bond acceptors (Lipinski definition) is 3. The Morgan fingerprint density at radius 3 is 2.27 bits per heavy atom. The molecule has 0 heterocycles. The van der Waals surface area contributed by atoms with Gasteiger partial charge in [-0.2, -0.15) is 26.3 Å². The predicted molar refractivity (Wildman–Crippen MR) is 128 cm³/mol. The van der Waals surface area contributed by atoms with Crippen LogP contribution in [0.3, 0.4) is 0 Å². The van der Waals surface area contributed by atoms with Gasteiger partial charge in [-0.1, -0.05) is 31.0 Å². The highest BCUT2D eigenvalue weighted by molar-refractivity contribution is 5.89. The van der Waals surface area contributed by atoms with Crippen molar-refractivity contribution < 1.29 is 41.0 Å². The number of benzene rings is 2. The summed E-state index contributed by atoms with van der Waals surface area (Å²) >= 11 is 0. The summed E-state index contributed by atoms with van der Waals surface area (Å²) in [5, 5.41) is 9.09. The zero-order valence-corrected chi connectivity index (χ0v) is 20.8. The predicted octanol–water partition coefficient (Wildman–Crippen LogP) is 7.83. The molecular formula is C27H33F6NO3. The average molecular weight is 534 g/mol. The Labute approximate surface area is 212 Å². The second-order valence-corrected chi connectivity index (χ2v) is 9.92. The van der Waals surface area contributed by atoms with Crippen LogP contribution in [-0.2, 0) is 17.5 Å². The van der Waals surface area contributed by atoms with Crippen molar-refractivity contribution in [1.82, 2.24) is 4.90 Å². The average Bonchev–Trinajstić information content (AvgIpc) is 2.80. The van der Waals surface area contributed by atoms with Crippen LogP contribution in [-0.4, -0.2) is 41.8 Å². The maximum absolute atomic E-state index is 14.1. The van der Waals surface area contributed by atoms with Crippen LogP contribution in [0.2, 0.25) is 0 Å². The summed E-state index contributed by atoms with van der Waals surface area (Å²) in [4.78, 5) is 12.6. The smallest absolute Gasteiger partial charge is 0.420 e. The SMILES string of the molecule is CN(CCCCCCC(=O)O)Cc1ccc2c(C(F)(F)F)c(OC3CCC(C(F)(F)F)CC3)ccc2c1. The molecule has 0 bridgehead atoms. The molecule has 1 fully saturated rings. The Balaban J connectivity index is 1.66. The van der Waals surface area contributed by atoms with Gasteiger partial charge in [0.05, 0.1) is 12.0 Å². The molecule has 4 nitrogen and oxygen atoms in total. The standard InChI is InChI=1S/C27H33F6NO3/c1-34(15-5-3-2-4-6-24(35)36)17-18-7-13-22-19(16-18)8-14-23(25(22)27(31,32)33)37-21-11-9-20(10-12-21)26(28,29)30/h7-8,13-14,16,20-21H,2-6,9-12,15,17H2,1H3,(H,35,36). The van der Waals surface area contributed by atoms with Gasteiger partial charge in [-0.25, -0.2) is 0 Å². The summed E-state index contributed by atoms with van der Waals surface area (Å²) in [7, 11) is 1.92. The summed E-state index contributed by atoms with van der Waals surface area (Å²) < 4.78 is 86.6. The number of fused-ring (bicyclic) bond motifs is 1. The quantitative estimate of drug-likeness (QED) is 0.236. The fourth-order valence-corrected chi connectivity index (χ4v) is 4.94. The molecule has 0 amide bonds. The molecule has 0 spiro atoms. The van der Waals surface area contributed by atoms with Crippen LogP contribution in [0, 0.1) is 5.92 Å². The largest absolute Gasteiger partial charge is 0.490 e. The first-order valence-electron chi connectivity index (χ1n) is 12.6. The van der Waals surface area contributed by atoms with Crippen molar-refractivity contribution in [3.8, 4) is 5.75 Å². The van der Waals surface area contributed by atoms with Gasteiger partial charge in [0, 0.05) is 13.0 Å². The zero-order valence-electron chi connectivity index (χ0n) is 20.8. The highest BCUT2D eigenvalue weighted by atomic mass is 19.4. The number of alkyl halides is 6. The van der Waals surface area contributed by atoms with Crippen molar-refractivity contribution in [1.29, 1.82) is 0 Å². The van der Waals surface area contributed by atoms with Crippen LogP contribution in [0.15, 0.2) is 30.3 Å².